The van der Waals surface area contributed by atoms with Gasteiger partial charge < -0.3 is 5.32 Å². The second-order valence-corrected chi connectivity index (χ2v) is 6.33. The number of nitrogens with one attached hydrogen (secondary N) is 1. The summed E-state index contributed by atoms with van der Waals surface area (Å²) in [6, 6.07) is 6.69. The van der Waals surface area contributed by atoms with Gasteiger partial charge in [0, 0.05) is 15.8 Å². The summed E-state index contributed by atoms with van der Waals surface area (Å²) in [6.07, 6.45) is 3.49. The average Bonchev–Trinajstić information content (AvgIpc) is 2.96. The number of rotatable bonds is 6. The molecule has 0 aromatic carbocycles. The van der Waals surface area contributed by atoms with Crippen molar-refractivity contribution < 1.29 is 0 Å². The topological polar surface area (TPSA) is 12.0 Å². The van der Waals surface area contributed by atoms with Gasteiger partial charge >= 0.3 is 0 Å². The Kier molecular flexibility index (Phi) is 5.04. The Balaban J connectivity index is 1.86. The Bertz CT molecular complexity index is 436. The fourth-order valence-corrected chi connectivity index (χ4v) is 3.98. The highest BCUT2D eigenvalue weighted by Crippen LogP contribution is 2.31. The van der Waals surface area contributed by atoms with E-state index in [1.165, 1.54) is 22.6 Å². The van der Waals surface area contributed by atoms with Crippen LogP contribution in [0.3, 0.4) is 0 Å². The molecular weight excluding hydrogens is 270 g/mol. The van der Waals surface area contributed by atoms with Gasteiger partial charge in [-0.05, 0) is 49.2 Å². The van der Waals surface area contributed by atoms with Gasteiger partial charge in [-0.2, -0.15) is 0 Å². The molecule has 17 heavy (non-hydrogen) atoms. The number of aryl methyl sites for hydroxylation is 1. The van der Waals surface area contributed by atoms with Crippen LogP contribution in [0.25, 0.3) is 0 Å². The summed E-state index contributed by atoms with van der Waals surface area (Å²) in [5.41, 5.74) is 0. The molecule has 0 spiro atoms. The Hall–Kier alpha value is -0.350. The Morgan fingerprint density at radius 1 is 1.29 bits per heavy atom. The van der Waals surface area contributed by atoms with Gasteiger partial charge in [0.25, 0.3) is 0 Å². The molecule has 0 aliphatic heterocycles. The highest BCUT2D eigenvalue weighted by Gasteiger charge is 2.13. The first-order chi connectivity index (χ1) is 8.31. The molecule has 1 N–H and O–H groups in total. The predicted octanol–water partition coefficient (Wildman–Crippen LogP) is 4.75. The molecule has 0 aliphatic rings. The molecule has 0 fully saturated rings. The average molecular weight is 286 g/mol. The van der Waals surface area contributed by atoms with Crippen molar-refractivity contribution in [1.82, 2.24) is 5.32 Å². The fourth-order valence-electron chi connectivity index (χ4n) is 1.90. The molecular formula is C13H16ClNS2. The molecule has 2 aromatic rings. The molecule has 92 valence electrons. The molecule has 0 radical (unpaired) electrons. The van der Waals surface area contributed by atoms with Gasteiger partial charge in [0.15, 0.2) is 0 Å². The maximum absolute atomic E-state index is 6.16. The van der Waals surface area contributed by atoms with E-state index in [0.29, 0.717) is 6.04 Å². The molecule has 0 amide bonds. The summed E-state index contributed by atoms with van der Waals surface area (Å²) in [5, 5.41) is 8.45. The maximum atomic E-state index is 6.16. The predicted molar refractivity (Wildman–Crippen MR) is 78.4 cm³/mol. The van der Waals surface area contributed by atoms with Crippen LogP contribution in [-0.4, -0.2) is 7.05 Å². The van der Waals surface area contributed by atoms with Gasteiger partial charge in [-0.3, -0.25) is 0 Å². The van der Waals surface area contributed by atoms with E-state index in [9.17, 15) is 0 Å². The van der Waals surface area contributed by atoms with Crippen LogP contribution in [0.2, 0.25) is 5.02 Å². The van der Waals surface area contributed by atoms with Crippen LogP contribution in [0.4, 0.5) is 0 Å². The van der Waals surface area contributed by atoms with Crippen molar-refractivity contribution in [2.24, 2.45) is 0 Å². The molecule has 0 saturated heterocycles. The van der Waals surface area contributed by atoms with Crippen LogP contribution in [0.1, 0.15) is 28.6 Å². The summed E-state index contributed by atoms with van der Waals surface area (Å²) in [4.78, 5) is 2.73. The summed E-state index contributed by atoms with van der Waals surface area (Å²) < 4.78 is 0. The molecule has 2 rings (SSSR count). The monoisotopic (exact) mass is 285 g/mol. The van der Waals surface area contributed by atoms with E-state index < -0.39 is 0 Å². The first-order valence-corrected chi connectivity index (χ1v) is 7.87. The lowest BCUT2D eigenvalue weighted by atomic mass is 10.1. The molecule has 1 unspecified atom stereocenters. The zero-order chi connectivity index (χ0) is 12.1. The molecule has 1 atom stereocenters. The molecule has 0 aliphatic carbocycles. The van der Waals surface area contributed by atoms with Crippen molar-refractivity contribution >= 4 is 34.3 Å². The van der Waals surface area contributed by atoms with Gasteiger partial charge in [0.1, 0.15) is 0 Å². The van der Waals surface area contributed by atoms with Gasteiger partial charge in [0.05, 0.1) is 5.02 Å². The first-order valence-electron chi connectivity index (χ1n) is 5.74. The van der Waals surface area contributed by atoms with Gasteiger partial charge in [-0.15, -0.1) is 22.7 Å². The van der Waals surface area contributed by atoms with E-state index in [4.69, 9.17) is 11.6 Å². The van der Waals surface area contributed by atoms with Crippen LogP contribution in [0, 0.1) is 0 Å². The number of thiophene rings is 2. The summed E-state index contributed by atoms with van der Waals surface area (Å²) in [7, 11) is 2.01. The zero-order valence-corrected chi connectivity index (χ0v) is 12.2. The summed E-state index contributed by atoms with van der Waals surface area (Å²) in [5.74, 6) is 0. The fraction of sp³-hybridized carbons (Fsp3) is 0.385. The molecule has 1 nitrogen and oxygen atoms in total. The van der Waals surface area contributed by atoms with Crippen molar-refractivity contribution in [2.45, 2.75) is 25.3 Å². The van der Waals surface area contributed by atoms with Crippen molar-refractivity contribution in [3.8, 4) is 0 Å². The molecule has 0 bridgehead atoms. The van der Waals surface area contributed by atoms with Crippen LogP contribution in [0.15, 0.2) is 29.0 Å². The van der Waals surface area contributed by atoms with Gasteiger partial charge in [-0.1, -0.05) is 17.7 Å². The Morgan fingerprint density at radius 2 is 2.18 bits per heavy atom. The lowest BCUT2D eigenvalue weighted by Gasteiger charge is -2.14. The van der Waals surface area contributed by atoms with Crippen molar-refractivity contribution in [2.75, 3.05) is 7.05 Å². The third kappa shape index (κ3) is 3.55. The van der Waals surface area contributed by atoms with E-state index in [0.717, 1.165) is 11.4 Å². The minimum atomic E-state index is 0.391. The standard InChI is InChI=1S/C13H16ClNS2/c1-15-12(13-11(14)7-9-17-13)6-2-4-10-5-3-8-16-10/h3,5,7-9,12,15H,2,4,6H2,1H3. The zero-order valence-electron chi connectivity index (χ0n) is 9.78. The minimum absolute atomic E-state index is 0.391. The maximum Gasteiger partial charge on any atom is 0.0561 e. The number of hydrogen-bond donors (Lipinski definition) is 1. The third-order valence-corrected chi connectivity index (χ3v) is 5.21. The lowest BCUT2D eigenvalue weighted by Crippen LogP contribution is -2.15. The number of halogens is 1. The highest BCUT2D eigenvalue weighted by molar-refractivity contribution is 7.10. The third-order valence-electron chi connectivity index (χ3n) is 2.81. The van der Waals surface area contributed by atoms with Crippen LogP contribution >= 0.6 is 34.3 Å². The summed E-state index contributed by atoms with van der Waals surface area (Å²) >= 11 is 9.74. The molecule has 4 heteroatoms. The molecule has 2 heterocycles. The lowest BCUT2D eigenvalue weighted by molar-refractivity contribution is 0.536. The van der Waals surface area contributed by atoms with E-state index in [-0.39, 0.29) is 0 Å². The molecule has 2 aromatic heterocycles. The van der Waals surface area contributed by atoms with Crippen LogP contribution < -0.4 is 5.32 Å². The van der Waals surface area contributed by atoms with Crippen molar-refractivity contribution in [3.63, 3.8) is 0 Å². The Labute approximate surface area is 115 Å². The van der Waals surface area contributed by atoms with Crippen molar-refractivity contribution in [3.05, 3.63) is 43.7 Å². The summed E-state index contributed by atoms with van der Waals surface area (Å²) in [6.45, 7) is 0. The van der Waals surface area contributed by atoms with Crippen LogP contribution in [-0.2, 0) is 6.42 Å². The van der Waals surface area contributed by atoms with E-state index >= 15 is 0 Å². The smallest absolute Gasteiger partial charge is 0.0561 e. The molecule has 0 saturated carbocycles. The second kappa shape index (κ2) is 6.55. The first kappa shape index (κ1) is 13.1. The van der Waals surface area contributed by atoms with E-state index in [2.05, 4.69) is 28.2 Å². The number of hydrogen-bond acceptors (Lipinski definition) is 3. The van der Waals surface area contributed by atoms with Crippen LogP contribution in [0.5, 0.6) is 0 Å². The minimum Gasteiger partial charge on any atom is -0.312 e. The normalized spacial score (nSPS) is 12.8. The van der Waals surface area contributed by atoms with Gasteiger partial charge in [-0.25, -0.2) is 0 Å². The van der Waals surface area contributed by atoms with Crippen molar-refractivity contribution in [1.29, 1.82) is 0 Å². The van der Waals surface area contributed by atoms with Gasteiger partial charge in [0.2, 0.25) is 0 Å². The highest BCUT2D eigenvalue weighted by atomic mass is 35.5. The largest absolute Gasteiger partial charge is 0.312 e. The van der Waals surface area contributed by atoms with E-state index in [1.807, 2.05) is 24.5 Å². The second-order valence-electron chi connectivity index (χ2n) is 3.95. The van der Waals surface area contributed by atoms with E-state index in [1.54, 1.807) is 11.3 Å². The Morgan fingerprint density at radius 3 is 2.76 bits per heavy atom. The quantitative estimate of drug-likeness (QED) is 0.808. The SMILES string of the molecule is CNC(CCCc1cccs1)c1sccc1Cl.